The highest BCUT2D eigenvalue weighted by molar-refractivity contribution is 7.80. The maximum atomic E-state index is 13.3. The van der Waals surface area contributed by atoms with Gasteiger partial charge in [-0.25, -0.2) is 4.79 Å². The topological polar surface area (TPSA) is 109 Å². The van der Waals surface area contributed by atoms with E-state index < -0.39 is 17.9 Å². The lowest BCUT2D eigenvalue weighted by Gasteiger charge is -2.31. The van der Waals surface area contributed by atoms with Crippen LogP contribution in [0.5, 0.6) is 11.5 Å². The van der Waals surface area contributed by atoms with Gasteiger partial charge >= 0.3 is 5.97 Å². The number of allylic oxidation sites excluding steroid dienone is 1. The molecule has 1 heterocycles. The summed E-state index contributed by atoms with van der Waals surface area (Å²) in [6.45, 7) is 1.71. The number of phenols is 1. The zero-order chi connectivity index (χ0) is 22.7. The van der Waals surface area contributed by atoms with Gasteiger partial charge in [-0.15, -0.1) is 0 Å². The molecule has 0 aliphatic carbocycles. The highest BCUT2D eigenvalue weighted by atomic mass is 35.5. The van der Waals surface area contributed by atoms with Crippen LogP contribution >= 0.6 is 23.8 Å². The van der Waals surface area contributed by atoms with Crippen molar-refractivity contribution in [3.05, 3.63) is 63.8 Å². The van der Waals surface area contributed by atoms with Gasteiger partial charge < -0.3 is 30.5 Å². The summed E-state index contributed by atoms with van der Waals surface area (Å²) in [4.78, 5) is 25.3. The van der Waals surface area contributed by atoms with E-state index >= 15 is 0 Å². The van der Waals surface area contributed by atoms with Crippen molar-refractivity contribution in [1.29, 1.82) is 0 Å². The Bertz CT molecular complexity index is 1100. The largest absolute Gasteiger partial charge is 0.503 e. The average molecular weight is 462 g/mol. The number of benzene rings is 2. The first-order valence-corrected chi connectivity index (χ1v) is 9.88. The third-order valence-corrected chi connectivity index (χ3v) is 5.21. The van der Waals surface area contributed by atoms with E-state index in [0.29, 0.717) is 27.6 Å². The quantitative estimate of drug-likeness (QED) is 0.397. The lowest BCUT2D eigenvalue weighted by Crippen LogP contribution is -2.45. The summed E-state index contributed by atoms with van der Waals surface area (Å²) in [7, 11) is 2.66. The number of hydrogen-bond donors (Lipinski definition) is 4. The van der Waals surface area contributed by atoms with Crippen LogP contribution < -0.4 is 20.7 Å². The van der Waals surface area contributed by atoms with E-state index in [4.69, 9.17) is 33.3 Å². The Hall–Kier alpha value is -3.30. The number of methoxy groups -OCH3 is 2. The Labute approximate surface area is 189 Å². The molecular formula is C21H20ClN3O5S. The van der Waals surface area contributed by atoms with Gasteiger partial charge in [-0.05, 0) is 49.0 Å². The molecule has 0 saturated carbocycles. The number of rotatable bonds is 5. The van der Waals surface area contributed by atoms with Gasteiger partial charge in [0.15, 0.2) is 16.6 Å². The molecule has 2 aromatic carbocycles. The predicted octanol–water partition coefficient (Wildman–Crippen LogP) is 3.27. The number of amides is 1. The van der Waals surface area contributed by atoms with Crippen LogP contribution in [0.3, 0.4) is 0 Å². The number of carbonyl (C=O) groups is 2. The van der Waals surface area contributed by atoms with E-state index in [0.717, 1.165) is 0 Å². The fourth-order valence-corrected chi connectivity index (χ4v) is 3.72. The smallest absolute Gasteiger partial charge is 0.339 e. The molecule has 162 valence electrons. The molecule has 0 spiro atoms. The van der Waals surface area contributed by atoms with E-state index in [1.165, 1.54) is 20.3 Å². The summed E-state index contributed by atoms with van der Waals surface area (Å²) in [6.07, 6.45) is 0. The first-order chi connectivity index (χ1) is 14.8. The van der Waals surface area contributed by atoms with Gasteiger partial charge in [-0.1, -0.05) is 23.7 Å². The van der Waals surface area contributed by atoms with Crippen LogP contribution in [0.15, 0.2) is 47.7 Å². The Kier molecular flexibility index (Phi) is 6.67. The van der Waals surface area contributed by atoms with Crippen molar-refractivity contribution in [1.82, 2.24) is 10.6 Å². The number of thiocarbonyl (C=S) groups is 1. The maximum absolute atomic E-state index is 13.3. The number of halogens is 1. The molecule has 3 rings (SSSR count). The summed E-state index contributed by atoms with van der Waals surface area (Å²) in [6, 6.07) is 8.91. The summed E-state index contributed by atoms with van der Waals surface area (Å²) >= 11 is 11.4. The number of para-hydroxylation sites is 1. The van der Waals surface area contributed by atoms with Crippen LogP contribution in [0.1, 0.15) is 28.9 Å². The van der Waals surface area contributed by atoms with Crippen molar-refractivity contribution in [3.63, 3.8) is 0 Å². The Balaban J connectivity index is 2.03. The minimum atomic E-state index is -0.689. The SMILES string of the molecule is COC(=O)c1ccccc1NC(=O)C1=C(C)NC(=S)N[C@H]1c1cc(Cl)c(O)c(OC)c1. The normalized spacial score (nSPS) is 15.6. The van der Waals surface area contributed by atoms with Crippen molar-refractivity contribution in [2.24, 2.45) is 0 Å². The Morgan fingerprint density at radius 2 is 1.94 bits per heavy atom. The minimum Gasteiger partial charge on any atom is -0.503 e. The molecule has 4 N–H and O–H groups in total. The molecule has 8 nitrogen and oxygen atoms in total. The first-order valence-electron chi connectivity index (χ1n) is 9.10. The number of aromatic hydroxyl groups is 1. The van der Waals surface area contributed by atoms with Gasteiger partial charge in [-0.3, -0.25) is 4.79 Å². The number of anilines is 1. The molecule has 10 heteroatoms. The van der Waals surface area contributed by atoms with Crippen LogP contribution in [-0.4, -0.2) is 36.3 Å². The molecule has 0 radical (unpaired) electrons. The number of hydrogen-bond acceptors (Lipinski definition) is 6. The number of esters is 1. The number of carbonyl (C=O) groups excluding carboxylic acids is 2. The Morgan fingerprint density at radius 3 is 2.61 bits per heavy atom. The zero-order valence-corrected chi connectivity index (χ0v) is 18.5. The highest BCUT2D eigenvalue weighted by Crippen LogP contribution is 2.39. The fraction of sp³-hybridized carbons (Fsp3) is 0.190. The van der Waals surface area contributed by atoms with Crippen molar-refractivity contribution in [2.45, 2.75) is 13.0 Å². The lowest BCUT2D eigenvalue weighted by atomic mass is 9.94. The van der Waals surface area contributed by atoms with Crippen LogP contribution in [0.4, 0.5) is 5.69 Å². The molecule has 0 bridgehead atoms. The fourth-order valence-electron chi connectivity index (χ4n) is 3.23. The molecule has 0 saturated heterocycles. The zero-order valence-electron chi connectivity index (χ0n) is 16.9. The van der Waals surface area contributed by atoms with Gasteiger partial charge in [0.2, 0.25) is 0 Å². The molecule has 1 aliphatic rings. The standard InChI is InChI=1S/C21H20ClN3O5S/c1-10-16(19(27)24-14-7-5-4-6-12(14)20(28)30-3)17(25-21(31)23-10)11-8-13(22)18(26)15(9-11)29-2/h4-9,17,26H,1-3H3,(H,24,27)(H2,23,25,31)/t17-/m0/s1. The van der Waals surface area contributed by atoms with Crippen LogP contribution in [0.2, 0.25) is 5.02 Å². The van der Waals surface area contributed by atoms with Gasteiger partial charge in [-0.2, -0.15) is 0 Å². The number of phenolic OH excluding ortho intramolecular Hbond substituents is 1. The number of ether oxygens (including phenoxy) is 2. The van der Waals surface area contributed by atoms with Gasteiger partial charge in [0.1, 0.15) is 0 Å². The van der Waals surface area contributed by atoms with Crippen LogP contribution in [-0.2, 0) is 9.53 Å². The molecule has 0 aromatic heterocycles. The van der Waals surface area contributed by atoms with Crippen molar-refractivity contribution < 1.29 is 24.2 Å². The van der Waals surface area contributed by atoms with E-state index in [1.54, 1.807) is 37.3 Å². The Morgan fingerprint density at radius 1 is 1.23 bits per heavy atom. The van der Waals surface area contributed by atoms with E-state index in [1.807, 2.05) is 0 Å². The first kappa shape index (κ1) is 22.4. The highest BCUT2D eigenvalue weighted by Gasteiger charge is 2.31. The summed E-state index contributed by atoms with van der Waals surface area (Å²) in [5.74, 6) is -1.09. The second-order valence-electron chi connectivity index (χ2n) is 6.62. The summed E-state index contributed by atoms with van der Waals surface area (Å²) in [5.41, 5.74) is 1.90. The van der Waals surface area contributed by atoms with Crippen molar-refractivity contribution in [2.75, 3.05) is 19.5 Å². The van der Waals surface area contributed by atoms with E-state index in [-0.39, 0.29) is 22.1 Å². The van der Waals surface area contributed by atoms with Crippen molar-refractivity contribution >= 4 is 46.5 Å². The monoisotopic (exact) mass is 461 g/mol. The molecule has 31 heavy (non-hydrogen) atoms. The molecule has 1 aliphatic heterocycles. The molecule has 0 unspecified atom stereocenters. The molecule has 2 aromatic rings. The lowest BCUT2D eigenvalue weighted by molar-refractivity contribution is -0.113. The van der Waals surface area contributed by atoms with Gasteiger partial charge in [0.05, 0.1) is 42.1 Å². The second-order valence-corrected chi connectivity index (χ2v) is 7.43. The van der Waals surface area contributed by atoms with Crippen LogP contribution in [0.25, 0.3) is 0 Å². The molecule has 1 atom stereocenters. The number of nitrogens with one attached hydrogen (secondary N) is 3. The second kappa shape index (κ2) is 9.23. The maximum Gasteiger partial charge on any atom is 0.339 e. The average Bonchev–Trinajstić information content (AvgIpc) is 2.74. The summed E-state index contributed by atoms with van der Waals surface area (Å²) in [5, 5.41) is 19.2. The minimum absolute atomic E-state index is 0.0639. The van der Waals surface area contributed by atoms with Gasteiger partial charge in [0, 0.05) is 5.70 Å². The van der Waals surface area contributed by atoms with Crippen LogP contribution in [0, 0.1) is 0 Å². The summed E-state index contributed by atoms with van der Waals surface area (Å²) < 4.78 is 9.96. The molecular weight excluding hydrogens is 442 g/mol. The molecule has 1 amide bonds. The third-order valence-electron chi connectivity index (χ3n) is 4.70. The van der Waals surface area contributed by atoms with E-state index in [9.17, 15) is 14.7 Å². The molecule has 0 fully saturated rings. The van der Waals surface area contributed by atoms with E-state index in [2.05, 4.69) is 16.0 Å². The van der Waals surface area contributed by atoms with Gasteiger partial charge in [0.25, 0.3) is 5.91 Å². The van der Waals surface area contributed by atoms with Crippen molar-refractivity contribution in [3.8, 4) is 11.5 Å². The predicted molar refractivity (Wildman–Crippen MR) is 120 cm³/mol. The third kappa shape index (κ3) is 4.57.